The zero-order valence-corrected chi connectivity index (χ0v) is 12.2. The first-order valence-electron chi connectivity index (χ1n) is 6.08. The number of thiophene rings is 1. The van der Waals surface area contributed by atoms with Crippen molar-refractivity contribution in [2.45, 2.75) is 13.5 Å². The number of nitrogens with zero attached hydrogens (tertiary/aromatic N) is 1. The van der Waals surface area contributed by atoms with Gasteiger partial charge in [-0.25, -0.2) is 4.98 Å². The molecule has 3 aromatic rings. The quantitative estimate of drug-likeness (QED) is 0.779. The summed E-state index contributed by atoms with van der Waals surface area (Å²) in [5.41, 5.74) is 9.21. The van der Waals surface area contributed by atoms with E-state index in [0.29, 0.717) is 6.54 Å². The second kappa shape index (κ2) is 5.25. The molecule has 0 saturated carbocycles. The van der Waals surface area contributed by atoms with Crippen LogP contribution in [0.1, 0.15) is 10.6 Å². The molecule has 0 fully saturated rings. The lowest BCUT2D eigenvalue weighted by atomic mass is 10.1. The number of aromatic nitrogens is 1. The van der Waals surface area contributed by atoms with Crippen molar-refractivity contribution in [3.8, 4) is 21.0 Å². The maximum Gasteiger partial charge on any atom is 0.108 e. The zero-order valence-electron chi connectivity index (χ0n) is 10.6. The number of benzene rings is 1. The topological polar surface area (TPSA) is 38.9 Å². The lowest BCUT2D eigenvalue weighted by Gasteiger charge is -2.01. The molecule has 19 heavy (non-hydrogen) atoms. The van der Waals surface area contributed by atoms with E-state index in [4.69, 9.17) is 10.7 Å². The Hall–Kier alpha value is -1.49. The van der Waals surface area contributed by atoms with Crippen molar-refractivity contribution in [3.63, 3.8) is 0 Å². The predicted octanol–water partition coefficient (Wildman–Crippen LogP) is 4.31. The van der Waals surface area contributed by atoms with Crippen LogP contribution in [0.25, 0.3) is 21.0 Å². The van der Waals surface area contributed by atoms with Crippen molar-refractivity contribution in [3.05, 3.63) is 52.3 Å². The van der Waals surface area contributed by atoms with Gasteiger partial charge in [0.2, 0.25) is 0 Å². The second-order valence-electron chi connectivity index (χ2n) is 4.34. The first kappa shape index (κ1) is 12.5. The van der Waals surface area contributed by atoms with Crippen molar-refractivity contribution in [1.82, 2.24) is 4.98 Å². The molecular formula is C15H14N2S2. The molecule has 2 aromatic heterocycles. The number of aryl methyl sites for hydroxylation is 1. The molecule has 0 radical (unpaired) electrons. The lowest BCUT2D eigenvalue weighted by molar-refractivity contribution is 1.04. The zero-order chi connectivity index (χ0) is 13.2. The minimum absolute atomic E-state index is 0.495. The SMILES string of the molecule is Cc1cccc(-c2nc(CN)sc2-c2cccs2)c1. The van der Waals surface area contributed by atoms with Gasteiger partial charge in [0.1, 0.15) is 5.01 Å². The Morgan fingerprint density at radius 2 is 2.11 bits per heavy atom. The molecule has 0 aliphatic carbocycles. The Bertz CT molecular complexity index is 684. The van der Waals surface area contributed by atoms with Gasteiger partial charge < -0.3 is 5.73 Å². The van der Waals surface area contributed by atoms with Gasteiger partial charge in [-0.1, -0.05) is 29.8 Å². The lowest BCUT2D eigenvalue weighted by Crippen LogP contribution is -1.94. The maximum atomic E-state index is 5.74. The average molecular weight is 286 g/mol. The molecule has 2 nitrogen and oxygen atoms in total. The summed E-state index contributed by atoms with van der Waals surface area (Å²) in [4.78, 5) is 7.18. The highest BCUT2D eigenvalue weighted by atomic mass is 32.1. The molecule has 3 rings (SSSR count). The fourth-order valence-corrected chi connectivity index (χ4v) is 3.83. The van der Waals surface area contributed by atoms with Crippen LogP contribution in [0.3, 0.4) is 0 Å². The number of hydrogen-bond donors (Lipinski definition) is 1. The predicted molar refractivity (Wildman–Crippen MR) is 83.5 cm³/mol. The summed E-state index contributed by atoms with van der Waals surface area (Å²) in [5.74, 6) is 0. The number of rotatable bonds is 3. The van der Waals surface area contributed by atoms with E-state index in [9.17, 15) is 0 Å². The number of nitrogens with two attached hydrogens (primary N) is 1. The van der Waals surface area contributed by atoms with E-state index in [0.717, 1.165) is 10.7 Å². The van der Waals surface area contributed by atoms with Crippen LogP contribution in [-0.4, -0.2) is 4.98 Å². The largest absolute Gasteiger partial charge is 0.325 e. The molecule has 0 unspecified atom stereocenters. The van der Waals surface area contributed by atoms with Crippen LogP contribution in [0.15, 0.2) is 41.8 Å². The Kier molecular flexibility index (Phi) is 3.46. The average Bonchev–Trinajstić information content (AvgIpc) is 3.07. The van der Waals surface area contributed by atoms with Crippen molar-refractivity contribution < 1.29 is 0 Å². The maximum absolute atomic E-state index is 5.74. The number of hydrogen-bond acceptors (Lipinski definition) is 4. The molecule has 1 aromatic carbocycles. The summed E-state index contributed by atoms with van der Waals surface area (Å²) < 4.78 is 0. The summed E-state index contributed by atoms with van der Waals surface area (Å²) in [5, 5.41) is 3.08. The molecule has 0 atom stereocenters. The van der Waals surface area contributed by atoms with Crippen molar-refractivity contribution in [2.75, 3.05) is 0 Å². The third kappa shape index (κ3) is 2.47. The van der Waals surface area contributed by atoms with Gasteiger partial charge in [-0.3, -0.25) is 0 Å². The van der Waals surface area contributed by atoms with Crippen LogP contribution in [0, 0.1) is 6.92 Å². The molecule has 0 aliphatic heterocycles. The fraction of sp³-hybridized carbons (Fsp3) is 0.133. The van der Waals surface area contributed by atoms with Crippen LogP contribution in [0.2, 0.25) is 0 Å². The second-order valence-corrected chi connectivity index (χ2v) is 6.37. The van der Waals surface area contributed by atoms with Gasteiger partial charge in [0.25, 0.3) is 0 Å². The minimum atomic E-state index is 0.495. The molecule has 2 N–H and O–H groups in total. The summed E-state index contributed by atoms with van der Waals surface area (Å²) in [6.07, 6.45) is 0. The summed E-state index contributed by atoms with van der Waals surface area (Å²) >= 11 is 3.43. The monoisotopic (exact) mass is 286 g/mol. The summed E-state index contributed by atoms with van der Waals surface area (Å²) in [6, 6.07) is 12.7. The van der Waals surface area contributed by atoms with Crippen molar-refractivity contribution in [1.29, 1.82) is 0 Å². The van der Waals surface area contributed by atoms with E-state index in [2.05, 4.69) is 48.7 Å². The van der Waals surface area contributed by atoms with Gasteiger partial charge in [-0.05, 0) is 24.4 Å². The third-order valence-corrected chi connectivity index (χ3v) is 5.01. The van der Waals surface area contributed by atoms with E-state index in [1.165, 1.54) is 20.9 Å². The normalized spacial score (nSPS) is 10.8. The van der Waals surface area contributed by atoms with E-state index >= 15 is 0 Å². The molecule has 0 bridgehead atoms. The van der Waals surface area contributed by atoms with Crippen LogP contribution >= 0.6 is 22.7 Å². The van der Waals surface area contributed by atoms with Crippen LogP contribution in [0.5, 0.6) is 0 Å². The van der Waals surface area contributed by atoms with Gasteiger partial charge in [0.15, 0.2) is 0 Å². The third-order valence-electron chi connectivity index (χ3n) is 2.88. The Labute approximate surface area is 120 Å². The van der Waals surface area contributed by atoms with Gasteiger partial charge in [-0.2, -0.15) is 0 Å². The molecule has 0 spiro atoms. The van der Waals surface area contributed by atoms with E-state index in [1.54, 1.807) is 22.7 Å². The smallest absolute Gasteiger partial charge is 0.108 e. The van der Waals surface area contributed by atoms with Crippen LogP contribution in [0.4, 0.5) is 0 Å². The van der Waals surface area contributed by atoms with E-state index in [-0.39, 0.29) is 0 Å². The van der Waals surface area contributed by atoms with Gasteiger partial charge in [-0.15, -0.1) is 22.7 Å². The Morgan fingerprint density at radius 1 is 1.21 bits per heavy atom. The highest BCUT2D eigenvalue weighted by Crippen LogP contribution is 2.39. The molecule has 0 amide bonds. The molecular weight excluding hydrogens is 272 g/mol. The minimum Gasteiger partial charge on any atom is -0.325 e. The molecule has 2 heterocycles. The fourth-order valence-electron chi connectivity index (χ4n) is 2.01. The summed E-state index contributed by atoms with van der Waals surface area (Å²) in [6.45, 7) is 2.60. The molecule has 4 heteroatoms. The van der Waals surface area contributed by atoms with E-state index < -0.39 is 0 Å². The highest BCUT2D eigenvalue weighted by Gasteiger charge is 2.14. The first-order valence-corrected chi connectivity index (χ1v) is 7.78. The molecule has 0 aliphatic rings. The van der Waals surface area contributed by atoms with Crippen molar-refractivity contribution >= 4 is 22.7 Å². The van der Waals surface area contributed by atoms with Gasteiger partial charge in [0, 0.05) is 17.0 Å². The van der Waals surface area contributed by atoms with Gasteiger partial charge in [0.05, 0.1) is 10.6 Å². The molecule has 96 valence electrons. The molecule has 0 saturated heterocycles. The first-order chi connectivity index (χ1) is 9.28. The van der Waals surface area contributed by atoms with E-state index in [1.807, 2.05) is 0 Å². The Morgan fingerprint density at radius 3 is 2.79 bits per heavy atom. The van der Waals surface area contributed by atoms with Crippen molar-refractivity contribution in [2.24, 2.45) is 5.73 Å². The number of thiazole rings is 1. The van der Waals surface area contributed by atoms with Gasteiger partial charge >= 0.3 is 0 Å². The Balaban J connectivity index is 2.17. The summed E-state index contributed by atoms with van der Waals surface area (Å²) in [7, 11) is 0. The highest BCUT2D eigenvalue weighted by molar-refractivity contribution is 7.21. The van der Waals surface area contributed by atoms with Crippen LogP contribution < -0.4 is 5.73 Å². The van der Waals surface area contributed by atoms with Crippen LogP contribution in [-0.2, 0) is 6.54 Å². The standard InChI is InChI=1S/C15H14N2S2/c1-10-4-2-5-11(8-10)14-15(12-6-3-7-18-12)19-13(9-16)17-14/h2-8H,9,16H2,1H3.